The van der Waals surface area contributed by atoms with Crippen molar-refractivity contribution in [2.24, 2.45) is 4.52 Å². The van der Waals surface area contributed by atoms with Gasteiger partial charge in [0, 0.05) is 6.16 Å². The maximum Gasteiger partial charge on any atom is 0.461 e. The van der Waals surface area contributed by atoms with Crippen LogP contribution in [0.3, 0.4) is 0 Å². The Morgan fingerprint density at radius 1 is 1.25 bits per heavy atom. The fourth-order valence-electron chi connectivity index (χ4n) is 1.06. The molecule has 15 heteroatoms. The highest BCUT2D eigenvalue weighted by Crippen LogP contribution is 2.82. The van der Waals surface area contributed by atoms with Gasteiger partial charge in [-0.05, 0) is 9.33 Å². The molecule has 0 aliphatic carbocycles. The molecule has 0 bridgehead atoms. The van der Waals surface area contributed by atoms with Crippen molar-refractivity contribution in [2.75, 3.05) is 6.16 Å². The highest BCUT2D eigenvalue weighted by Gasteiger charge is 2.69. The van der Waals surface area contributed by atoms with Crippen LogP contribution in [0, 0.1) is 0 Å². The zero-order chi connectivity index (χ0) is 15.9. The van der Waals surface area contributed by atoms with E-state index in [1.165, 1.54) is 0 Å². The van der Waals surface area contributed by atoms with Crippen LogP contribution >= 0.6 is 24.0 Å². The van der Waals surface area contributed by atoms with Crippen LogP contribution in [-0.4, -0.2) is 33.4 Å². The third kappa shape index (κ3) is 2.73. The molecule has 0 saturated heterocycles. The van der Waals surface area contributed by atoms with Crippen molar-refractivity contribution in [2.45, 2.75) is 18.8 Å². The van der Waals surface area contributed by atoms with Gasteiger partial charge in [-0.15, -0.1) is 8.96 Å². The molecule has 1 aliphatic heterocycles. The quantitative estimate of drug-likeness (QED) is 0.291. The van der Waals surface area contributed by atoms with Crippen LogP contribution in [0.25, 0.3) is 0 Å². The predicted molar refractivity (Wildman–Crippen MR) is 58.5 cm³/mol. The molecule has 1 heterocycles. The summed E-state index contributed by atoms with van der Waals surface area (Å²) in [5, 5.41) is 0. The van der Waals surface area contributed by atoms with Crippen LogP contribution in [0.4, 0.5) is 35.1 Å². The minimum Gasteiger partial charge on any atom is -0.295 e. The van der Waals surface area contributed by atoms with Crippen molar-refractivity contribution < 1.29 is 39.9 Å². The second-order valence-corrected chi connectivity index (χ2v) is 10.1. The van der Waals surface area contributed by atoms with E-state index in [-0.39, 0.29) is 6.03 Å². The van der Waals surface area contributed by atoms with E-state index < -0.39 is 51.3 Å². The zero-order valence-corrected chi connectivity index (χ0v) is 12.1. The third-order valence-corrected chi connectivity index (χ3v) is 9.87. The lowest BCUT2D eigenvalue weighted by molar-refractivity contribution is -0.242. The van der Waals surface area contributed by atoms with Gasteiger partial charge in [0.2, 0.25) is 8.22 Å². The maximum absolute atomic E-state index is 13.4. The number of rotatable bonds is 3. The lowest BCUT2D eigenvalue weighted by atomic mass is 10.7. The van der Waals surface area contributed by atoms with E-state index in [1.807, 2.05) is 0 Å². The van der Waals surface area contributed by atoms with Crippen molar-refractivity contribution in [3.63, 3.8) is 0 Å². The molecule has 0 saturated carbocycles. The maximum atomic E-state index is 13.4. The minimum atomic E-state index is -6.20. The molecule has 0 fully saturated rings. The van der Waals surface area contributed by atoms with Crippen molar-refractivity contribution in [1.82, 2.24) is 9.33 Å². The molecule has 118 valence electrons. The van der Waals surface area contributed by atoms with Gasteiger partial charge >= 0.3 is 20.4 Å². The number of nitrogens with zero attached hydrogens (tertiary/aromatic N) is 3. The second-order valence-electron chi connectivity index (χ2n) is 3.35. The molecule has 0 spiro atoms. The van der Waals surface area contributed by atoms with Gasteiger partial charge in [0.05, 0.1) is 0 Å². The standard InChI is InChI=1S/C5H6F8N3OP3/c1-2-20(3-17)14-18(5(9,10)4(6,7)8)15(11)19(13)16(20)12/h3H,2H2,1H3. The van der Waals surface area contributed by atoms with Crippen LogP contribution in [-0.2, 0) is 4.79 Å². The topological polar surface area (TPSA) is 35.9 Å². The lowest BCUT2D eigenvalue weighted by Gasteiger charge is -2.38. The molecule has 20 heavy (non-hydrogen) atoms. The van der Waals surface area contributed by atoms with E-state index in [0.29, 0.717) is 0 Å². The van der Waals surface area contributed by atoms with E-state index in [9.17, 15) is 39.9 Å². The summed E-state index contributed by atoms with van der Waals surface area (Å²) in [6.45, 7) is 1.05. The van der Waals surface area contributed by atoms with E-state index in [2.05, 4.69) is 4.52 Å². The summed E-state index contributed by atoms with van der Waals surface area (Å²) >= 11 is 0. The zero-order valence-electron chi connectivity index (χ0n) is 9.40. The summed E-state index contributed by atoms with van der Waals surface area (Å²) in [7, 11) is -12.9. The van der Waals surface area contributed by atoms with Crippen molar-refractivity contribution >= 4 is 30.0 Å². The van der Waals surface area contributed by atoms with Crippen LogP contribution in [0.2, 0.25) is 0 Å². The van der Waals surface area contributed by atoms with Gasteiger partial charge in [-0.3, -0.25) is 4.79 Å². The van der Waals surface area contributed by atoms with Crippen LogP contribution in [0.15, 0.2) is 4.52 Å². The molecule has 0 aromatic heterocycles. The Balaban J connectivity index is 3.46. The van der Waals surface area contributed by atoms with Crippen LogP contribution < -0.4 is 0 Å². The number of hydrogen-bond acceptors (Lipinski definition) is 4. The molecule has 0 amide bonds. The highest BCUT2D eigenvalue weighted by atomic mass is 31.3. The summed E-state index contributed by atoms with van der Waals surface area (Å²) in [6, 6.07) is -0.323. The van der Waals surface area contributed by atoms with Gasteiger partial charge in [0.25, 0.3) is 0 Å². The highest BCUT2D eigenvalue weighted by molar-refractivity contribution is 7.90. The number of alkyl halides is 5. The van der Waals surface area contributed by atoms with Crippen LogP contribution in [0.1, 0.15) is 6.92 Å². The van der Waals surface area contributed by atoms with Gasteiger partial charge in [0.1, 0.15) is 7.21 Å². The predicted octanol–water partition coefficient (Wildman–Crippen LogP) is 5.36. The molecule has 0 aromatic rings. The number of hydrogen-bond donors (Lipinski definition) is 0. The van der Waals surface area contributed by atoms with Gasteiger partial charge in [-0.2, -0.15) is 26.1 Å². The third-order valence-electron chi connectivity index (χ3n) is 2.18. The molecular weight excluding hydrogens is 363 g/mol. The average molecular weight is 369 g/mol. The minimum absolute atomic E-state index is 0.323. The van der Waals surface area contributed by atoms with E-state index in [0.717, 1.165) is 6.92 Å². The normalized spacial score (nSPS) is 33.9. The molecule has 3 unspecified atom stereocenters. The number of halogens is 8. The number of carbonyl (C=O) groups is 1. The molecule has 1 aliphatic rings. The van der Waals surface area contributed by atoms with Crippen molar-refractivity contribution in [3.05, 3.63) is 0 Å². The Bertz CT molecular complexity index is 444. The number of carbonyl (C=O) groups excluding carboxylic acids is 1. The fourth-order valence-corrected chi connectivity index (χ4v) is 8.58. The molecule has 3 atom stereocenters. The van der Waals surface area contributed by atoms with Crippen molar-refractivity contribution in [1.29, 1.82) is 0 Å². The first-order chi connectivity index (χ1) is 8.94. The SMILES string of the molecule is CCP1(C=O)=NP(C(F)(F)C(F)(F)F)N(F)P(F)N1F. The molecule has 4 nitrogen and oxygen atoms in total. The average Bonchev–Trinajstić information content (AvgIpc) is 2.35. The van der Waals surface area contributed by atoms with Gasteiger partial charge in [0.15, 0.2) is 6.03 Å². The molecular formula is C5H6F8N3OP3. The monoisotopic (exact) mass is 369 g/mol. The summed E-state index contributed by atoms with van der Waals surface area (Å²) < 4.78 is 103. The first kappa shape index (κ1) is 18.2. The Labute approximate surface area is 109 Å². The molecule has 1 rings (SSSR count). The van der Waals surface area contributed by atoms with Crippen LogP contribution in [0.5, 0.6) is 0 Å². The van der Waals surface area contributed by atoms with Gasteiger partial charge in [-0.1, -0.05) is 6.92 Å². The Morgan fingerprint density at radius 3 is 2.10 bits per heavy atom. The smallest absolute Gasteiger partial charge is 0.295 e. The molecule has 0 N–H and O–H groups in total. The Hall–Kier alpha value is 0.120. The van der Waals surface area contributed by atoms with E-state index >= 15 is 0 Å². The second kappa shape index (κ2) is 5.72. The Kier molecular flexibility index (Phi) is 5.20. The molecule has 0 aromatic carbocycles. The van der Waals surface area contributed by atoms with E-state index in [1.54, 1.807) is 0 Å². The van der Waals surface area contributed by atoms with Gasteiger partial charge in [-0.25, -0.2) is 4.52 Å². The van der Waals surface area contributed by atoms with E-state index in [4.69, 9.17) is 0 Å². The summed E-state index contributed by atoms with van der Waals surface area (Å²) in [6.07, 6.45) is -6.83. The summed E-state index contributed by atoms with van der Waals surface area (Å²) in [4.78, 5) is 10.8. The molecule has 0 radical (unpaired) electrons. The lowest BCUT2D eigenvalue weighted by Crippen LogP contribution is -2.37. The first-order valence-electron chi connectivity index (χ1n) is 4.64. The largest absolute Gasteiger partial charge is 0.461 e. The van der Waals surface area contributed by atoms with Gasteiger partial charge < -0.3 is 0 Å². The summed E-state index contributed by atoms with van der Waals surface area (Å²) in [5.74, 6) is 0. The first-order valence-corrected chi connectivity index (χ1v) is 8.98. The Morgan fingerprint density at radius 2 is 1.75 bits per heavy atom. The summed E-state index contributed by atoms with van der Waals surface area (Å²) in [5.41, 5.74) is -5.70. The van der Waals surface area contributed by atoms with Crippen molar-refractivity contribution in [3.8, 4) is 0 Å². The fraction of sp³-hybridized carbons (Fsp3) is 0.800.